The molecule has 0 aromatic carbocycles. The molecule has 3 heteroatoms. The van der Waals surface area contributed by atoms with Gasteiger partial charge in [0, 0.05) is 25.0 Å². The Bertz CT molecular complexity index is 214. The fraction of sp³-hybridized carbons (Fsp3) is 0.667. The Morgan fingerprint density at radius 2 is 2.42 bits per heavy atom. The Labute approximate surface area is 72.8 Å². The maximum absolute atomic E-state index is 3.99. The minimum absolute atomic E-state index is 0.841. The highest BCUT2D eigenvalue weighted by molar-refractivity contribution is 4.80. The first-order valence-electron chi connectivity index (χ1n) is 4.64. The first kappa shape index (κ1) is 7.80. The molecule has 3 nitrogen and oxygen atoms in total. The number of nitrogens with one attached hydrogen (secondary N) is 1. The number of rotatable bonds is 5. The molecule has 2 rings (SSSR count). The van der Waals surface area contributed by atoms with Gasteiger partial charge >= 0.3 is 0 Å². The van der Waals surface area contributed by atoms with Crippen LogP contribution < -0.4 is 5.32 Å². The second-order valence-electron chi connectivity index (χ2n) is 3.38. The lowest BCUT2D eigenvalue weighted by Crippen LogP contribution is -2.18. The largest absolute Gasteiger partial charge is 0.337 e. The van der Waals surface area contributed by atoms with E-state index in [1.807, 2.05) is 18.7 Å². The Morgan fingerprint density at radius 3 is 3.08 bits per heavy atom. The van der Waals surface area contributed by atoms with Gasteiger partial charge in [-0.25, -0.2) is 4.98 Å². The molecule has 1 aliphatic rings. The third-order valence-electron chi connectivity index (χ3n) is 2.16. The number of aryl methyl sites for hydroxylation is 1. The van der Waals surface area contributed by atoms with E-state index in [4.69, 9.17) is 0 Å². The van der Waals surface area contributed by atoms with Crippen LogP contribution in [0.5, 0.6) is 0 Å². The Morgan fingerprint density at radius 1 is 1.50 bits per heavy atom. The lowest BCUT2D eigenvalue weighted by Gasteiger charge is -2.02. The summed E-state index contributed by atoms with van der Waals surface area (Å²) in [6.45, 7) is 2.22. The van der Waals surface area contributed by atoms with E-state index in [0.717, 1.165) is 19.1 Å². The molecular weight excluding hydrogens is 150 g/mol. The first-order valence-corrected chi connectivity index (χ1v) is 4.64. The van der Waals surface area contributed by atoms with E-state index in [1.165, 1.54) is 19.3 Å². The van der Waals surface area contributed by atoms with Crippen LogP contribution in [0, 0.1) is 0 Å². The van der Waals surface area contributed by atoms with E-state index in [-0.39, 0.29) is 0 Å². The van der Waals surface area contributed by atoms with Crippen molar-refractivity contribution < 1.29 is 0 Å². The summed E-state index contributed by atoms with van der Waals surface area (Å²) >= 11 is 0. The van der Waals surface area contributed by atoms with Crippen LogP contribution in [0.1, 0.15) is 19.3 Å². The van der Waals surface area contributed by atoms with Crippen molar-refractivity contribution in [3.63, 3.8) is 0 Å². The molecule has 66 valence electrons. The van der Waals surface area contributed by atoms with Crippen LogP contribution in [-0.4, -0.2) is 22.1 Å². The molecule has 1 aliphatic carbocycles. The van der Waals surface area contributed by atoms with Gasteiger partial charge in [-0.05, 0) is 25.8 Å². The Balaban J connectivity index is 1.56. The van der Waals surface area contributed by atoms with Crippen LogP contribution in [0.15, 0.2) is 18.7 Å². The summed E-state index contributed by atoms with van der Waals surface area (Å²) in [5, 5.41) is 3.49. The van der Waals surface area contributed by atoms with Crippen LogP contribution in [0.4, 0.5) is 0 Å². The van der Waals surface area contributed by atoms with Gasteiger partial charge in [-0.2, -0.15) is 0 Å². The quantitative estimate of drug-likeness (QED) is 0.660. The van der Waals surface area contributed by atoms with Crippen LogP contribution in [0.2, 0.25) is 0 Å². The van der Waals surface area contributed by atoms with E-state index in [2.05, 4.69) is 14.9 Å². The monoisotopic (exact) mass is 165 g/mol. The van der Waals surface area contributed by atoms with Gasteiger partial charge in [0.15, 0.2) is 0 Å². The van der Waals surface area contributed by atoms with Gasteiger partial charge in [-0.15, -0.1) is 0 Å². The fourth-order valence-electron chi connectivity index (χ4n) is 1.27. The van der Waals surface area contributed by atoms with Crippen molar-refractivity contribution in [2.75, 3.05) is 6.54 Å². The first-order chi connectivity index (χ1) is 5.95. The van der Waals surface area contributed by atoms with Crippen LogP contribution in [0.25, 0.3) is 0 Å². The molecule has 1 fully saturated rings. The Hall–Kier alpha value is -0.830. The second kappa shape index (κ2) is 3.72. The lowest BCUT2D eigenvalue weighted by molar-refractivity contribution is 0.579. The van der Waals surface area contributed by atoms with Crippen molar-refractivity contribution in [1.82, 2.24) is 14.9 Å². The zero-order valence-corrected chi connectivity index (χ0v) is 7.24. The average molecular weight is 165 g/mol. The molecule has 12 heavy (non-hydrogen) atoms. The van der Waals surface area contributed by atoms with Crippen molar-refractivity contribution in [1.29, 1.82) is 0 Å². The summed E-state index contributed by atoms with van der Waals surface area (Å²) in [6.07, 6.45) is 9.67. The molecule has 1 aromatic rings. The highest BCUT2D eigenvalue weighted by Gasteiger charge is 2.19. The molecule has 0 radical (unpaired) electrons. The minimum Gasteiger partial charge on any atom is -0.337 e. The molecular formula is C9H15N3. The normalized spacial score (nSPS) is 16.7. The third kappa shape index (κ3) is 2.34. The number of nitrogens with zero attached hydrogens (tertiary/aromatic N) is 2. The molecule has 1 heterocycles. The van der Waals surface area contributed by atoms with Crippen molar-refractivity contribution >= 4 is 0 Å². The minimum atomic E-state index is 0.841. The van der Waals surface area contributed by atoms with E-state index in [9.17, 15) is 0 Å². The van der Waals surface area contributed by atoms with E-state index < -0.39 is 0 Å². The molecule has 1 aromatic heterocycles. The zero-order valence-electron chi connectivity index (χ0n) is 7.24. The average Bonchev–Trinajstić information content (AvgIpc) is 2.76. The molecule has 0 saturated heterocycles. The predicted octanol–water partition coefficient (Wildman–Crippen LogP) is 1.03. The van der Waals surface area contributed by atoms with Gasteiger partial charge in [-0.3, -0.25) is 0 Å². The van der Waals surface area contributed by atoms with Crippen molar-refractivity contribution in [3.8, 4) is 0 Å². The maximum Gasteiger partial charge on any atom is 0.0945 e. The van der Waals surface area contributed by atoms with Crippen molar-refractivity contribution in [2.45, 2.75) is 31.8 Å². The zero-order chi connectivity index (χ0) is 8.23. The molecule has 0 unspecified atom stereocenters. The molecule has 1 saturated carbocycles. The lowest BCUT2D eigenvalue weighted by atomic mass is 10.4. The molecule has 0 bridgehead atoms. The molecule has 0 spiro atoms. The highest BCUT2D eigenvalue weighted by Crippen LogP contribution is 2.18. The van der Waals surface area contributed by atoms with Gasteiger partial charge in [0.2, 0.25) is 0 Å². The van der Waals surface area contributed by atoms with E-state index >= 15 is 0 Å². The van der Waals surface area contributed by atoms with E-state index in [1.54, 1.807) is 0 Å². The highest BCUT2D eigenvalue weighted by atomic mass is 15.0. The summed E-state index contributed by atoms with van der Waals surface area (Å²) < 4.78 is 2.12. The van der Waals surface area contributed by atoms with Crippen molar-refractivity contribution in [3.05, 3.63) is 18.7 Å². The smallest absolute Gasteiger partial charge is 0.0945 e. The topological polar surface area (TPSA) is 29.9 Å². The summed E-state index contributed by atoms with van der Waals surface area (Å²) in [5.41, 5.74) is 0. The van der Waals surface area contributed by atoms with E-state index in [0.29, 0.717) is 0 Å². The summed E-state index contributed by atoms with van der Waals surface area (Å²) in [5.74, 6) is 0. The second-order valence-corrected chi connectivity index (χ2v) is 3.38. The molecule has 0 amide bonds. The van der Waals surface area contributed by atoms with Gasteiger partial charge in [0.1, 0.15) is 0 Å². The van der Waals surface area contributed by atoms with Gasteiger partial charge in [0.05, 0.1) is 6.33 Å². The fourth-order valence-corrected chi connectivity index (χ4v) is 1.27. The Kier molecular flexibility index (Phi) is 2.42. The third-order valence-corrected chi connectivity index (χ3v) is 2.16. The number of imidazole rings is 1. The standard InChI is InChI=1S/C9H15N3/c1(4-11-9-2-3-9)6-12-7-5-10-8-12/h5,7-9,11H,1-4,6H2. The number of hydrogen-bond acceptors (Lipinski definition) is 2. The van der Waals surface area contributed by atoms with Crippen LogP contribution >= 0.6 is 0 Å². The molecule has 0 aliphatic heterocycles. The molecule has 1 N–H and O–H groups in total. The number of aromatic nitrogens is 2. The van der Waals surface area contributed by atoms with Gasteiger partial charge in [-0.1, -0.05) is 0 Å². The summed E-state index contributed by atoms with van der Waals surface area (Å²) in [7, 11) is 0. The van der Waals surface area contributed by atoms with Crippen LogP contribution in [-0.2, 0) is 6.54 Å². The van der Waals surface area contributed by atoms with Gasteiger partial charge < -0.3 is 9.88 Å². The maximum atomic E-state index is 3.99. The number of hydrogen-bond donors (Lipinski definition) is 1. The van der Waals surface area contributed by atoms with Crippen LogP contribution in [0.3, 0.4) is 0 Å². The summed E-state index contributed by atoms with van der Waals surface area (Å²) in [4.78, 5) is 3.99. The molecule has 0 atom stereocenters. The van der Waals surface area contributed by atoms with Crippen molar-refractivity contribution in [2.24, 2.45) is 0 Å². The summed E-state index contributed by atoms with van der Waals surface area (Å²) in [6, 6.07) is 0.841. The van der Waals surface area contributed by atoms with Gasteiger partial charge in [0.25, 0.3) is 0 Å². The predicted molar refractivity (Wildman–Crippen MR) is 47.9 cm³/mol. The SMILES string of the molecule is c1cn(CCCNC2CC2)cn1.